The lowest BCUT2D eigenvalue weighted by atomic mass is 9.96. The number of benzene rings is 1. The molecule has 1 aliphatic heterocycles. The lowest BCUT2D eigenvalue weighted by Crippen LogP contribution is -2.41. The number of piperidine rings is 1. The Hall–Kier alpha value is -3.42. The van der Waals surface area contributed by atoms with Crippen molar-refractivity contribution in [2.75, 3.05) is 35.2 Å². The fourth-order valence-electron chi connectivity index (χ4n) is 3.30. The number of anilines is 3. The van der Waals surface area contributed by atoms with Crippen molar-refractivity contribution in [1.29, 1.82) is 0 Å². The summed E-state index contributed by atoms with van der Waals surface area (Å²) in [6.07, 6.45) is 5.48. The molecule has 0 atom stereocenters. The van der Waals surface area contributed by atoms with Gasteiger partial charge in [-0.15, -0.1) is 0 Å². The van der Waals surface area contributed by atoms with Gasteiger partial charge in [-0.05, 0) is 55.2 Å². The molecule has 0 bridgehead atoms. The molecule has 3 amide bonds. The molecule has 0 aliphatic carbocycles. The van der Waals surface area contributed by atoms with Crippen LogP contribution in [0.5, 0.6) is 0 Å². The van der Waals surface area contributed by atoms with E-state index in [4.69, 9.17) is 0 Å². The fraction of sp³-hybridized carbons (Fsp3) is 0.333. The molecule has 152 valence electrons. The molecule has 8 nitrogen and oxygen atoms in total. The third kappa shape index (κ3) is 6.03. The summed E-state index contributed by atoms with van der Waals surface area (Å²) in [5.74, 6) is -1.17. The van der Waals surface area contributed by atoms with E-state index in [9.17, 15) is 14.4 Å². The predicted octanol–water partition coefficient (Wildman–Crippen LogP) is 2.01. The number of rotatable bonds is 5. The first-order valence-electron chi connectivity index (χ1n) is 9.63. The molecule has 0 spiro atoms. The molecule has 1 aliphatic rings. The molecule has 8 heteroatoms. The third-order valence-electron chi connectivity index (χ3n) is 4.86. The van der Waals surface area contributed by atoms with Crippen molar-refractivity contribution in [3.63, 3.8) is 0 Å². The first-order valence-corrected chi connectivity index (χ1v) is 9.63. The van der Waals surface area contributed by atoms with Crippen molar-refractivity contribution in [3.05, 3.63) is 48.8 Å². The number of carbonyl (C=O) groups is 3. The Kier molecular flexibility index (Phi) is 6.78. The zero-order valence-electron chi connectivity index (χ0n) is 16.4. The van der Waals surface area contributed by atoms with Crippen molar-refractivity contribution in [2.24, 2.45) is 5.92 Å². The van der Waals surface area contributed by atoms with Crippen molar-refractivity contribution in [2.45, 2.75) is 19.8 Å². The van der Waals surface area contributed by atoms with E-state index < -0.39 is 11.8 Å². The van der Waals surface area contributed by atoms with E-state index in [1.807, 2.05) is 12.1 Å². The maximum absolute atomic E-state index is 12.1. The molecule has 2 aromatic rings. The molecule has 0 saturated carbocycles. The summed E-state index contributed by atoms with van der Waals surface area (Å²) in [5.41, 5.74) is 2.27. The highest BCUT2D eigenvalue weighted by Gasteiger charge is 2.21. The quantitative estimate of drug-likeness (QED) is 0.672. The average Bonchev–Trinajstić information content (AvgIpc) is 2.74. The van der Waals surface area contributed by atoms with E-state index in [0.717, 1.165) is 31.6 Å². The topological polar surface area (TPSA) is 103 Å². The maximum Gasteiger partial charge on any atom is 0.313 e. The number of hydrogen-bond acceptors (Lipinski definition) is 5. The van der Waals surface area contributed by atoms with Crippen LogP contribution in [0.25, 0.3) is 0 Å². The number of pyridine rings is 1. The Morgan fingerprint density at radius 1 is 0.931 bits per heavy atom. The number of aromatic nitrogens is 1. The van der Waals surface area contributed by atoms with E-state index >= 15 is 0 Å². The van der Waals surface area contributed by atoms with Crippen molar-refractivity contribution in [3.8, 4) is 0 Å². The van der Waals surface area contributed by atoms with Crippen molar-refractivity contribution < 1.29 is 14.4 Å². The Labute approximate surface area is 169 Å². The predicted molar refractivity (Wildman–Crippen MR) is 112 cm³/mol. The van der Waals surface area contributed by atoms with Crippen LogP contribution >= 0.6 is 0 Å². The molecular formula is C21H25N5O3. The summed E-state index contributed by atoms with van der Waals surface area (Å²) in [6.45, 7) is 3.73. The summed E-state index contributed by atoms with van der Waals surface area (Å²) >= 11 is 0. The fourth-order valence-corrected chi connectivity index (χ4v) is 3.30. The highest BCUT2D eigenvalue weighted by molar-refractivity contribution is 6.39. The molecule has 2 heterocycles. The van der Waals surface area contributed by atoms with E-state index in [0.29, 0.717) is 23.8 Å². The third-order valence-corrected chi connectivity index (χ3v) is 4.86. The molecule has 0 radical (unpaired) electrons. The van der Waals surface area contributed by atoms with Crippen LogP contribution in [0.1, 0.15) is 19.8 Å². The monoisotopic (exact) mass is 395 g/mol. The molecule has 3 rings (SSSR count). The standard InChI is InChI=1S/C21H25N5O3/c1-15(27)24-17-2-4-18(5-3-17)25-21(29)20(28)23-14-16-8-12-26(13-9-16)19-6-10-22-11-7-19/h2-7,10-11,16H,8-9,12-14H2,1H3,(H,23,28)(H,24,27)(H,25,29). The van der Waals surface area contributed by atoms with Crippen LogP contribution < -0.4 is 20.9 Å². The number of carbonyl (C=O) groups excluding carboxylic acids is 3. The second-order valence-corrected chi connectivity index (χ2v) is 7.06. The Morgan fingerprint density at radius 2 is 1.52 bits per heavy atom. The first-order chi connectivity index (χ1) is 14.0. The zero-order chi connectivity index (χ0) is 20.6. The summed E-state index contributed by atoms with van der Waals surface area (Å²) in [6, 6.07) is 10.6. The van der Waals surface area contributed by atoms with Crippen LogP contribution in [-0.2, 0) is 14.4 Å². The largest absolute Gasteiger partial charge is 0.371 e. The van der Waals surface area contributed by atoms with Crippen molar-refractivity contribution >= 4 is 34.8 Å². The second kappa shape index (κ2) is 9.68. The summed E-state index contributed by atoms with van der Waals surface area (Å²) in [7, 11) is 0. The van der Waals surface area contributed by atoms with Gasteiger partial charge in [-0.3, -0.25) is 19.4 Å². The molecule has 1 fully saturated rings. The Morgan fingerprint density at radius 3 is 2.10 bits per heavy atom. The van der Waals surface area contributed by atoms with Gasteiger partial charge in [0.05, 0.1) is 0 Å². The number of amides is 3. The summed E-state index contributed by atoms with van der Waals surface area (Å²) in [5, 5.41) is 7.93. The van der Waals surface area contributed by atoms with Crippen LogP contribution in [0, 0.1) is 5.92 Å². The van der Waals surface area contributed by atoms with Gasteiger partial charge in [0, 0.05) is 56.0 Å². The van der Waals surface area contributed by atoms with Gasteiger partial charge < -0.3 is 20.9 Å². The molecule has 29 heavy (non-hydrogen) atoms. The van der Waals surface area contributed by atoms with Crippen LogP contribution in [0.15, 0.2) is 48.8 Å². The highest BCUT2D eigenvalue weighted by atomic mass is 16.2. The second-order valence-electron chi connectivity index (χ2n) is 7.06. The lowest BCUT2D eigenvalue weighted by molar-refractivity contribution is -0.136. The Bertz CT molecular complexity index is 846. The number of hydrogen-bond donors (Lipinski definition) is 3. The van der Waals surface area contributed by atoms with Crippen LogP contribution in [0.2, 0.25) is 0 Å². The molecule has 1 saturated heterocycles. The lowest BCUT2D eigenvalue weighted by Gasteiger charge is -2.33. The first kappa shape index (κ1) is 20.3. The molecule has 3 N–H and O–H groups in total. The van der Waals surface area contributed by atoms with Gasteiger partial charge in [0.15, 0.2) is 0 Å². The Balaban J connectivity index is 1.40. The van der Waals surface area contributed by atoms with E-state index in [-0.39, 0.29) is 5.91 Å². The molecule has 1 aromatic carbocycles. The van der Waals surface area contributed by atoms with E-state index in [1.165, 1.54) is 6.92 Å². The van der Waals surface area contributed by atoms with Crippen LogP contribution in [-0.4, -0.2) is 42.3 Å². The smallest absolute Gasteiger partial charge is 0.313 e. The minimum absolute atomic E-state index is 0.173. The zero-order valence-corrected chi connectivity index (χ0v) is 16.4. The maximum atomic E-state index is 12.1. The van der Waals surface area contributed by atoms with Crippen molar-refractivity contribution in [1.82, 2.24) is 10.3 Å². The van der Waals surface area contributed by atoms with E-state index in [2.05, 4.69) is 25.8 Å². The summed E-state index contributed by atoms with van der Waals surface area (Å²) in [4.78, 5) is 41.5. The van der Waals surface area contributed by atoms with Crippen LogP contribution in [0.4, 0.5) is 17.1 Å². The SMILES string of the molecule is CC(=O)Nc1ccc(NC(=O)C(=O)NCC2CCN(c3ccncc3)CC2)cc1. The molecular weight excluding hydrogens is 370 g/mol. The van der Waals surface area contributed by atoms with Gasteiger partial charge in [0.1, 0.15) is 0 Å². The number of nitrogens with zero attached hydrogens (tertiary/aromatic N) is 2. The normalized spacial score (nSPS) is 14.2. The van der Waals surface area contributed by atoms with E-state index in [1.54, 1.807) is 36.7 Å². The van der Waals surface area contributed by atoms with Gasteiger partial charge in [0.25, 0.3) is 0 Å². The average molecular weight is 395 g/mol. The van der Waals surface area contributed by atoms with Gasteiger partial charge in [-0.1, -0.05) is 0 Å². The highest BCUT2D eigenvalue weighted by Crippen LogP contribution is 2.22. The minimum Gasteiger partial charge on any atom is -0.371 e. The van der Waals surface area contributed by atoms with Gasteiger partial charge in [-0.25, -0.2) is 0 Å². The van der Waals surface area contributed by atoms with Gasteiger partial charge in [0.2, 0.25) is 5.91 Å². The number of nitrogens with one attached hydrogen (secondary N) is 3. The summed E-state index contributed by atoms with van der Waals surface area (Å²) < 4.78 is 0. The minimum atomic E-state index is -0.702. The van der Waals surface area contributed by atoms with Gasteiger partial charge in [-0.2, -0.15) is 0 Å². The van der Waals surface area contributed by atoms with Crippen LogP contribution in [0.3, 0.4) is 0 Å². The van der Waals surface area contributed by atoms with Gasteiger partial charge >= 0.3 is 11.8 Å². The molecule has 0 unspecified atom stereocenters. The molecule has 1 aromatic heterocycles.